The zero-order valence-corrected chi connectivity index (χ0v) is 10.3. The first-order valence-electron chi connectivity index (χ1n) is 4.64. The number of aliphatic carboxylic acids is 1. The van der Waals surface area contributed by atoms with Crippen molar-refractivity contribution in [2.75, 3.05) is 17.4 Å². The number of hydrogen-bond donors (Lipinski definition) is 1. The lowest BCUT2D eigenvalue weighted by Gasteiger charge is -2.20. The van der Waals surface area contributed by atoms with Gasteiger partial charge in [-0.15, -0.1) is 11.8 Å². The predicted molar refractivity (Wildman–Crippen MR) is 59.2 cm³/mol. The van der Waals surface area contributed by atoms with Crippen LogP contribution in [0.25, 0.3) is 0 Å². The van der Waals surface area contributed by atoms with Crippen LogP contribution in [0.2, 0.25) is 0 Å². The molecule has 0 amide bonds. The van der Waals surface area contributed by atoms with E-state index in [2.05, 4.69) is 0 Å². The maximum absolute atomic E-state index is 11.8. The van der Waals surface area contributed by atoms with Gasteiger partial charge in [0.05, 0.1) is 11.6 Å². The molecular weight excluding hydrogens is 238 g/mol. The predicted octanol–water partition coefficient (Wildman–Crippen LogP) is 0.432. The number of rotatable bonds is 4. The van der Waals surface area contributed by atoms with Crippen LogP contribution >= 0.6 is 11.8 Å². The van der Waals surface area contributed by atoms with Gasteiger partial charge in [0.2, 0.25) is 10.0 Å². The van der Waals surface area contributed by atoms with Crippen LogP contribution < -0.4 is 0 Å². The summed E-state index contributed by atoms with van der Waals surface area (Å²) in [6.07, 6.45) is 0. The molecule has 0 bridgehead atoms. The lowest BCUT2D eigenvalue weighted by Crippen LogP contribution is -2.43. The van der Waals surface area contributed by atoms with Crippen molar-refractivity contribution in [3.8, 4) is 0 Å². The number of carboxylic acid groups (broad SMARTS) is 1. The SMILES string of the molecule is CC(C)CS(=O)(=O)N1CSCC1C(=O)O. The fraction of sp³-hybridized carbons (Fsp3) is 0.875. The second-order valence-electron chi connectivity index (χ2n) is 3.91. The van der Waals surface area contributed by atoms with E-state index in [0.29, 0.717) is 5.75 Å². The molecule has 1 N–H and O–H groups in total. The fourth-order valence-electron chi connectivity index (χ4n) is 1.41. The van der Waals surface area contributed by atoms with E-state index in [-0.39, 0.29) is 17.5 Å². The molecule has 0 radical (unpaired) electrons. The molecular formula is C8H15NO4S2. The summed E-state index contributed by atoms with van der Waals surface area (Å²) in [6.45, 7) is 3.60. The molecule has 0 aromatic carbocycles. The molecule has 5 nitrogen and oxygen atoms in total. The van der Waals surface area contributed by atoms with Crippen molar-refractivity contribution in [3.05, 3.63) is 0 Å². The summed E-state index contributed by atoms with van der Waals surface area (Å²) < 4.78 is 24.7. The summed E-state index contributed by atoms with van der Waals surface area (Å²) in [5, 5.41) is 8.86. The highest BCUT2D eigenvalue weighted by Crippen LogP contribution is 2.25. The highest BCUT2D eigenvalue weighted by atomic mass is 32.2. The Kier molecular flexibility index (Phi) is 4.02. The number of carbonyl (C=O) groups is 1. The third-order valence-electron chi connectivity index (χ3n) is 2.03. The first kappa shape index (κ1) is 12.8. The van der Waals surface area contributed by atoms with Gasteiger partial charge in [0.15, 0.2) is 0 Å². The van der Waals surface area contributed by atoms with Crippen LogP contribution in [0, 0.1) is 5.92 Å². The minimum atomic E-state index is -3.42. The highest BCUT2D eigenvalue weighted by molar-refractivity contribution is 8.00. The lowest BCUT2D eigenvalue weighted by atomic mass is 10.3. The summed E-state index contributed by atoms with van der Waals surface area (Å²) in [5.74, 6) is -0.446. The van der Waals surface area contributed by atoms with E-state index in [1.807, 2.05) is 0 Å². The van der Waals surface area contributed by atoms with Crippen molar-refractivity contribution in [2.24, 2.45) is 5.92 Å². The van der Waals surface area contributed by atoms with Crippen molar-refractivity contribution < 1.29 is 18.3 Å². The number of sulfonamides is 1. The van der Waals surface area contributed by atoms with E-state index in [9.17, 15) is 13.2 Å². The average molecular weight is 253 g/mol. The van der Waals surface area contributed by atoms with Crippen LogP contribution in [0.5, 0.6) is 0 Å². The quantitative estimate of drug-likeness (QED) is 0.786. The number of hydrogen-bond acceptors (Lipinski definition) is 4. The molecule has 1 fully saturated rings. The molecule has 1 rings (SSSR count). The van der Waals surface area contributed by atoms with Crippen LogP contribution in [0.1, 0.15) is 13.8 Å². The zero-order valence-electron chi connectivity index (χ0n) is 8.71. The van der Waals surface area contributed by atoms with E-state index in [0.717, 1.165) is 4.31 Å². The average Bonchev–Trinajstić information content (AvgIpc) is 2.48. The Labute approximate surface area is 93.9 Å². The van der Waals surface area contributed by atoms with Crippen LogP contribution in [-0.2, 0) is 14.8 Å². The van der Waals surface area contributed by atoms with E-state index >= 15 is 0 Å². The van der Waals surface area contributed by atoms with Gasteiger partial charge in [-0.3, -0.25) is 4.79 Å². The van der Waals surface area contributed by atoms with Crippen molar-refractivity contribution in [1.82, 2.24) is 4.31 Å². The van der Waals surface area contributed by atoms with Crippen molar-refractivity contribution in [3.63, 3.8) is 0 Å². The standard InChI is InChI=1S/C8H15NO4S2/c1-6(2)4-15(12,13)9-5-14-3-7(9)8(10)11/h6-7H,3-5H2,1-2H3,(H,10,11). The normalized spacial score (nSPS) is 23.5. The van der Waals surface area contributed by atoms with Crippen molar-refractivity contribution in [2.45, 2.75) is 19.9 Å². The third-order valence-corrected chi connectivity index (χ3v) is 5.39. The topological polar surface area (TPSA) is 74.7 Å². The summed E-state index contributed by atoms with van der Waals surface area (Å²) in [4.78, 5) is 10.8. The van der Waals surface area contributed by atoms with E-state index in [1.54, 1.807) is 13.8 Å². The Hall–Kier alpha value is -0.270. The fourth-order valence-corrected chi connectivity index (χ4v) is 4.97. The van der Waals surface area contributed by atoms with Gasteiger partial charge in [-0.2, -0.15) is 4.31 Å². The molecule has 88 valence electrons. The van der Waals surface area contributed by atoms with Gasteiger partial charge in [-0.25, -0.2) is 8.42 Å². The van der Waals surface area contributed by atoms with Gasteiger partial charge in [0.25, 0.3) is 0 Å². The van der Waals surface area contributed by atoms with Gasteiger partial charge in [-0.1, -0.05) is 13.8 Å². The third kappa shape index (κ3) is 3.09. The van der Waals surface area contributed by atoms with E-state index in [4.69, 9.17) is 5.11 Å². The summed E-state index contributed by atoms with van der Waals surface area (Å²) >= 11 is 1.34. The van der Waals surface area contributed by atoms with Gasteiger partial charge in [0, 0.05) is 5.75 Å². The Balaban J connectivity index is 2.82. The van der Waals surface area contributed by atoms with Gasteiger partial charge < -0.3 is 5.11 Å². The van der Waals surface area contributed by atoms with E-state index in [1.165, 1.54) is 11.8 Å². The molecule has 1 aliphatic rings. The smallest absolute Gasteiger partial charge is 0.322 e. The van der Waals surface area contributed by atoms with Gasteiger partial charge in [-0.05, 0) is 5.92 Å². The van der Waals surface area contributed by atoms with Crippen LogP contribution in [0.15, 0.2) is 0 Å². The minimum Gasteiger partial charge on any atom is -0.480 e. The second kappa shape index (κ2) is 4.71. The van der Waals surface area contributed by atoms with Crippen molar-refractivity contribution >= 4 is 27.8 Å². The summed E-state index contributed by atoms with van der Waals surface area (Å²) in [6, 6.07) is -0.890. The van der Waals surface area contributed by atoms with E-state index < -0.39 is 22.0 Å². The first-order chi connectivity index (χ1) is 6.84. The zero-order chi connectivity index (χ0) is 11.6. The Bertz CT molecular complexity index is 339. The molecule has 1 aliphatic heterocycles. The maximum Gasteiger partial charge on any atom is 0.322 e. The minimum absolute atomic E-state index is 0.00930. The van der Waals surface area contributed by atoms with Crippen LogP contribution in [0.4, 0.5) is 0 Å². The van der Waals surface area contributed by atoms with Gasteiger partial charge in [0.1, 0.15) is 6.04 Å². The monoisotopic (exact) mass is 253 g/mol. The molecule has 0 spiro atoms. The number of carboxylic acids is 1. The molecule has 15 heavy (non-hydrogen) atoms. The molecule has 1 heterocycles. The molecule has 0 aromatic rings. The largest absolute Gasteiger partial charge is 0.480 e. The molecule has 0 saturated carbocycles. The summed E-state index contributed by atoms with van der Waals surface area (Å²) in [5.41, 5.74) is 0. The molecule has 7 heteroatoms. The van der Waals surface area contributed by atoms with Crippen LogP contribution in [0.3, 0.4) is 0 Å². The van der Waals surface area contributed by atoms with Gasteiger partial charge >= 0.3 is 5.97 Å². The maximum atomic E-state index is 11.8. The van der Waals surface area contributed by atoms with Crippen LogP contribution in [-0.4, -0.2) is 47.2 Å². The molecule has 0 aliphatic carbocycles. The Morgan fingerprint density at radius 2 is 2.20 bits per heavy atom. The second-order valence-corrected chi connectivity index (χ2v) is 6.88. The molecule has 0 aromatic heterocycles. The lowest BCUT2D eigenvalue weighted by molar-refractivity contribution is -0.140. The first-order valence-corrected chi connectivity index (χ1v) is 7.41. The number of nitrogens with zero attached hydrogens (tertiary/aromatic N) is 1. The number of thioether (sulfide) groups is 1. The molecule has 1 saturated heterocycles. The Morgan fingerprint density at radius 1 is 1.60 bits per heavy atom. The summed E-state index contributed by atoms with van der Waals surface area (Å²) in [7, 11) is -3.42. The molecule has 1 atom stereocenters. The van der Waals surface area contributed by atoms with Crippen molar-refractivity contribution in [1.29, 1.82) is 0 Å². The molecule has 1 unspecified atom stereocenters. The Morgan fingerprint density at radius 3 is 2.67 bits per heavy atom. The highest BCUT2D eigenvalue weighted by Gasteiger charge is 2.39.